The Morgan fingerprint density at radius 1 is 1.39 bits per heavy atom. The first kappa shape index (κ1) is 14.0. The normalized spacial score (nSPS) is 9.94. The molecule has 0 saturated carbocycles. The molecule has 0 aliphatic heterocycles. The summed E-state index contributed by atoms with van der Waals surface area (Å²) in [5, 5.41) is 0. The number of amides is 1. The highest BCUT2D eigenvalue weighted by Gasteiger charge is 2.17. The summed E-state index contributed by atoms with van der Waals surface area (Å²) >= 11 is 0. The second kappa shape index (κ2) is 6.05. The molecule has 98 valence electrons. The van der Waals surface area contributed by atoms with Crippen LogP contribution in [0.25, 0.3) is 0 Å². The molecule has 0 saturated heterocycles. The van der Waals surface area contributed by atoms with E-state index in [2.05, 4.69) is 0 Å². The number of nitrogens with two attached hydrogens (primary N) is 1. The summed E-state index contributed by atoms with van der Waals surface area (Å²) in [6.45, 7) is 3.78. The average molecular weight is 250 g/mol. The third-order valence-corrected chi connectivity index (χ3v) is 2.51. The van der Waals surface area contributed by atoms with E-state index in [1.54, 1.807) is 32.2 Å². The Morgan fingerprint density at radius 2 is 2.06 bits per heavy atom. The summed E-state index contributed by atoms with van der Waals surface area (Å²) in [7, 11) is 1.56. The molecule has 1 aromatic rings. The molecular weight excluding hydrogens is 232 g/mol. The number of rotatable bonds is 4. The molecule has 0 heterocycles. The van der Waals surface area contributed by atoms with Crippen LogP contribution >= 0.6 is 0 Å². The van der Waals surface area contributed by atoms with Crippen molar-refractivity contribution >= 4 is 17.6 Å². The van der Waals surface area contributed by atoms with E-state index in [4.69, 9.17) is 10.5 Å². The lowest BCUT2D eigenvalue weighted by atomic mass is 10.1. The van der Waals surface area contributed by atoms with Crippen molar-refractivity contribution in [2.75, 3.05) is 25.9 Å². The molecule has 0 atom stereocenters. The van der Waals surface area contributed by atoms with Crippen LogP contribution in [0.3, 0.4) is 0 Å². The summed E-state index contributed by atoms with van der Waals surface area (Å²) in [6.07, 6.45) is 0. The Labute approximate surface area is 107 Å². The maximum absolute atomic E-state index is 12.1. The highest BCUT2D eigenvalue weighted by atomic mass is 16.5. The lowest BCUT2D eigenvalue weighted by Gasteiger charge is -2.17. The van der Waals surface area contributed by atoms with E-state index in [0.717, 1.165) is 5.56 Å². The Hall–Kier alpha value is -2.04. The zero-order valence-electron chi connectivity index (χ0n) is 10.9. The minimum absolute atomic E-state index is 0.0685. The van der Waals surface area contributed by atoms with Crippen molar-refractivity contribution < 1.29 is 14.3 Å². The standard InChI is InChI=1S/C13H18N2O3/c1-4-18-12(16)8-15(3)13(17)11-7-10(14)6-5-9(11)2/h5-7H,4,8,14H2,1-3H3. The van der Waals surface area contributed by atoms with Crippen LogP contribution in [-0.4, -0.2) is 37.0 Å². The number of anilines is 1. The van der Waals surface area contributed by atoms with Gasteiger partial charge in [0, 0.05) is 18.3 Å². The Balaban J connectivity index is 2.80. The number of carbonyl (C=O) groups is 2. The van der Waals surface area contributed by atoms with Gasteiger partial charge in [-0.15, -0.1) is 0 Å². The first-order chi connectivity index (χ1) is 8.45. The van der Waals surface area contributed by atoms with Crippen molar-refractivity contribution in [3.8, 4) is 0 Å². The Bertz CT molecular complexity index is 458. The lowest BCUT2D eigenvalue weighted by Crippen LogP contribution is -2.33. The summed E-state index contributed by atoms with van der Waals surface area (Å²) in [5.74, 6) is -0.664. The van der Waals surface area contributed by atoms with Gasteiger partial charge in [-0.25, -0.2) is 0 Å². The van der Waals surface area contributed by atoms with Gasteiger partial charge < -0.3 is 15.4 Å². The molecule has 5 nitrogen and oxygen atoms in total. The zero-order valence-corrected chi connectivity index (χ0v) is 10.9. The predicted octanol–water partition coefficient (Wildman–Crippen LogP) is 1.21. The van der Waals surface area contributed by atoms with E-state index < -0.39 is 5.97 Å². The molecule has 0 aromatic heterocycles. The van der Waals surface area contributed by atoms with Crippen molar-refractivity contribution in [2.24, 2.45) is 0 Å². The van der Waals surface area contributed by atoms with Crippen molar-refractivity contribution in [1.82, 2.24) is 4.90 Å². The highest BCUT2D eigenvalue weighted by molar-refractivity contribution is 5.97. The van der Waals surface area contributed by atoms with E-state index in [0.29, 0.717) is 17.9 Å². The quantitative estimate of drug-likeness (QED) is 0.644. The molecule has 2 N–H and O–H groups in total. The number of hydrogen-bond donors (Lipinski definition) is 1. The minimum Gasteiger partial charge on any atom is -0.465 e. The Kier molecular flexibility index (Phi) is 4.71. The van der Waals surface area contributed by atoms with Gasteiger partial charge in [0.05, 0.1) is 6.61 Å². The average Bonchev–Trinajstić information content (AvgIpc) is 2.31. The number of esters is 1. The SMILES string of the molecule is CCOC(=O)CN(C)C(=O)c1cc(N)ccc1C. The largest absolute Gasteiger partial charge is 0.465 e. The number of likely N-dealkylation sites (N-methyl/N-ethyl adjacent to an activating group) is 1. The molecule has 0 fully saturated rings. The molecule has 0 spiro atoms. The van der Waals surface area contributed by atoms with E-state index >= 15 is 0 Å². The molecule has 0 bridgehead atoms. The fourth-order valence-corrected chi connectivity index (χ4v) is 1.55. The van der Waals surface area contributed by atoms with Gasteiger partial charge >= 0.3 is 5.97 Å². The number of hydrogen-bond acceptors (Lipinski definition) is 4. The lowest BCUT2D eigenvalue weighted by molar-refractivity contribution is -0.143. The molecule has 1 rings (SSSR count). The van der Waals surface area contributed by atoms with E-state index in [9.17, 15) is 9.59 Å². The van der Waals surface area contributed by atoms with Crippen LogP contribution in [0.5, 0.6) is 0 Å². The number of carbonyl (C=O) groups excluding carboxylic acids is 2. The van der Waals surface area contributed by atoms with Gasteiger partial charge in [0.2, 0.25) is 0 Å². The van der Waals surface area contributed by atoms with E-state index in [1.165, 1.54) is 4.90 Å². The topological polar surface area (TPSA) is 72.6 Å². The van der Waals surface area contributed by atoms with Gasteiger partial charge in [0.1, 0.15) is 6.54 Å². The molecular formula is C13H18N2O3. The maximum Gasteiger partial charge on any atom is 0.325 e. The molecule has 1 amide bonds. The second-order valence-corrected chi connectivity index (χ2v) is 4.04. The molecule has 5 heteroatoms. The molecule has 18 heavy (non-hydrogen) atoms. The van der Waals surface area contributed by atoms with Gasteiger partial charge in [-0.05, 0) is 31.5 Å². The van der Waals surface area contributed by atoms with Crippen molar-refractivity contribution in [2.45, 2.75) is 13.8 Å². The number of nitrogens with zero attached hydrogens (tertiary/aromatic N) is 1. The zero-order chi connectivity index (χ0) is 13.7. The highest BCUT2D eigenvalue weighted by Crippen LogP contribution is 2.14. The summed E-state index contributed by atoms with van der Waals surface area (Å²) in [5.41, 5.74) is 7.50. The summed E-state index contributed by atoms with van der Waals surface area (Å²) in [4.78, 5) is 24.7. The molecule has 0 aliphatic rings. The summed E-state index contributed by atoms with van der Waals surface area (Å²) in [6, 6.07) is 5.12. The van der Waals surface area contributed by atoms with Crippen LogP contribution in [0, 0.1) is 6.92 Å². The molecule has 0 aliphatic carbocycles. The van der Waals surface area contributed by atoms with Crippen molar-refractivity contribution in [3.63, 3.8) is 0 Å². The van der Waals surface area contributed by atoms with Crippen molar-refractivity contribution in [3.05, 3.63) is 29.3 Å². The summed E-state index contributed by atoms with van der Waals surface area (Å²) < 4.78 is 4.80. The van der Waals surface area contributed by atoms with Gasteiger partial charge in [-0.2, -0.15) is 0 Å². The first-order valence-electron chi connectivity index (χ1n) is 5.73. The number of benzene rings is 1. The number of aryl methyl sites for hydroxylation is 1. The van der Waals surface area contributed by atoms with Gasteiger partial charge in [-0.3, -0.25) is 9.59 Å². The van der Waals surface area contributed by atoms with Gasteiger partial charge in [0.15, 0.2) is 0 Å². The number of ether oxygens (including phenoxy) is 1. The van der Waals surface area contributed by atoms with Gasteiger partial charge in [-0.1, -0.05) is 6.07 Å². The van der Waals surface area contributed by atoms with Crippen molar-refractivity contribution in [1.29, 1.82) is 0 Å². The second-order valence-electron chi connectivity index (χ2n) is 4.04. The molecule has 0 unspecified atom stereocenters. The van der Waals surface area contributed by atoms with Gasteiger partial charge in [0.25, 0.3) is 5.91 Å². The third-order valence-electron chi connectivity index (χ3n) is 2.51. The third kappa shape index (κ3) is 3.48. The maximum atomic E-state index is 12.1. The van der Waals surface area contributed by atoms with Crippen LogP contribution in [0.1, 0.15) is 22.8 Å². The van der Waals surface area contributed by atoms with Crippen LogP contribution in [0.15, 0.2) is 18.2 Å². The minimum atomic E-state index is -0.421. The van der Waals surface area contributed by atoms with E-state index in [-0.39, 0.29) is 12.5 Å². The molecule has 0 radical (unpaired) electrons. The first-order valence-corrected chi connectivity index (χ1v) is 5.73. The smallest absolute Gasteiger partial charge is 0.325 e. The predicted molar refractivity (Wildman–Crippen MR) is 69.2 cm³/mol. The monoisotopic (exact) mass is 250 g/mol. The van der Waals surface area contributed by atoms with E-state index in [1.807, 2.05) is 6.92 Å². The van der Waals surface area contributed by atoms with Crippen LogP contribution in [0.4, 0.5) is 5.69 Å². The Morgan fingerprint density at radius 3 is 2.67 bits per heavy atom. The number of nitrogen functional groups attached to an aromatic ring is 1. The van der Waals surface area contributed by atoms with Crippen LogP contribution in [0.2, 0.25) is 0 Å². The fraction of sp³-hybridized carbons (Fsp3) is 0.385. The molecule has 1 aromatic carbocycles. The van der Waals surface area contributed by atoms with Crippen LogP contribution < -0.4 is 5.73 Å². The van der Waals surface area contributed by atoms with Crippen LogP contribution in [-0.2, 0) is 9.53 Å². The fourth-order valence-electron chi connectivity index (χ4n) is 1.55.